The molecule has 30 heavy (non-hydrogen) atoms. The van der Waals surface area contributed by atoms with Gasteiger partial charge >= 0.3 is 0 Å². The van der Waals surface area contributed by atoms with Crippen molar-refractivity contribution in [2.24, 2.45) is 10.7 Å². The van der Waals surface area contributed by atoms with Crippen LogP contribution in [0.3, 0.4) is 0 Å². The van der Waals surface area contributed by atoms with Gasteiger partial charge in [0.1, 0.15) is 11.5 Å². The molecule has 5 rings (SSSR count). The van der Waals surface area contributed by atoms with Crippen molar-refractivity contribution in [3.8, 4) is 0 Å². The Bertz CT molecular complexity index is 992. The second-order valence-electron chi connectivity index (χ2n) is 8.68. The fourth-order valence-electron chi connectivity index (χ4n) is 4.39. The lowest BCUT2D eigenvalue weighted by Crippen LogP contribution is -2.61. The van der Waals surface area contributed by atoms with E-state index in [1.54, 1.807) is 17.1 Å². The molecule has 0 atom stereocenters. The molecule has 2 aliphatic heterocycles. The van der Waals surface area contributed by atoms with E-state index in [0.29, 0.717) is 11.7 Å². The zero-order valence-electron chi connectivity index (χ0n) is 17.1. The van der Waals surface area contributed by atoms with Crippen LogP contribution in [-0.4, -0.2) is 70.1 Å². The van der Waals surface area contributed by atoms with E-state index in [9.17, 15) is 8.78 Å². The van der Waals surface area contributed by atoms with Gasteiger partial charge in [0.15, 0.2) is 5.65 Å². The van der Waals surface area contributed by atoms with Crippen molar-refractivity contribution in [3.63, 3.8) is 0 Å². The first-order valence-corrected chi connectivity index (χ1v) is 10.6. The fourth-order valence-corrected chi connectivity index (χ4v) is 4.39. The minimum atomic E-state index is -2.50. The lowest BCUT2D eigenvalue weighted by molar-refractivity contribution is -0.148. The topological polar surface area (TPSA) is 75.6 Å². The van der Waals surface area contributed by atoms with Gasteiger partial charge in [-0.1, -0.05) is 0 Å². The van der Waals surface area contributed by atoms with Gasteiger partial charge in [-0.25, -0.2) is 18.4 Å². The van der Waals surface area contributed by atoms with Crippen molar-refractivity contribution in [1.29, 1.82) is 0 Å². The van der Waals surface area contributed by atoms with E-state index in [-0.39, 0.29) is 19.1 Å². The number of alkyl halides is 2. The number of fused-ring (bicyclic) bond motifs is 1. The molecule has 1 aliphatic carbocycles. The maximum atomic E-state index is 13.2. The van der Waals surface area contributed by atoms with Crippen molar-refractivity contribution in [1.82, 2.24) is 19.7 Å². The number of likely N-dealkylation sites (tertiary alicyclic amines) is 1. The molecule has 2 aromatic heterocycles. The minimum Gasteiger partial charge on any atom is -0.403 e. The third kappa shape index (κ3) is 3.66. The number of nitrogens with zero attached hydrogens (tertiary/aromatic N) is 6. The van der Waals surface area contributed by atoms with Crippen molar-refractivity contribution < 1.29 is 8.78 Å². The first-order valence-electron chi connectivity index (χ1n) is 10.6. The standard InChI is InChI=1S/C21H27F2N7/c1-14-8-15-10-26-30(18(9-24)11-25-16-2-3-16)20(15)27-19(14)28-6-4-17(5-7-28)29-12-21(22,23)13-29/h8-11,16-17H,2-7,12-13,24H2,1H3. The highest BCUT2D eigenvalue weighted by Crippen LogP contribution is 2.33. The van der Waals surface area contributed by atoms with Crippen LogP contribution in [-0.2, 0) is 0 Å². The lowest BCUT2D eigenvalue weighted by atomic mass is 9.98. The smallest absolute Gasteiger partial charge is 0.272 e. The summed E-state index contributed by atoms with van der Waals surface area (Å²) in [4.78, 5) is 13.6. The highest BCUT2D eigenvalue weighted by Gasteiger charge is 2.47. The maximum Gasteiger partial charge on any atom is 0.272 e. The molecule has 9 heteroatoms. The van der Waals surface area contributed by atoms with E-state index in [1.165, 1.54) is 6.20 Å². The number of allylic oxidation sites excluding steroid dienone is 1. The van der Waals surface area contributed by atoms with Crippen molar-refractivity contribution >= 4 is 28.8 Å². The second-order valence-corrected chi connectivity index (χ2v) is 8.68. The molecule has 3 fully saturated rings. The molecule has 2 N–H and O–H groups in total. The van der Waals surface area contributed by atoms with Crippen molar-refractivity contribution in [2.45, 2.75) is 50.6 Å². The summed E-state index contributed by atoms with van der Waals surface area (Å²) < 4.78 is 28.1. The molecule has 7 nitrogen and oxygen atoms in total. The molecule has 4 heterocycles. The quantitative estimate of drug-likeness (QED) is 0.760. The summed E-state index contributed by atoms with van der Waals surface area (Å²) in [6.07, 6.45) is 9.08. The molecule has 2 aromatic rings. The van der Waals surface area contributed by atoms with Gasteiger partial charge in [-0.05, 0) is 44.2 Å². The molecule has 2 saturated heterocycles. The van der Waals surface area contributed by atoms with Crippen LogP contribution in [0.15, 0.2) is 23.5 Å². The number of nitrogens with two attached hydrogens (primary N) is 1. The second kappa shape index (κ2) is 7.30. The number of anilines is 1. The van der Waals surface area contributed by atoms with Crippen LogP contribution in [0.2, 0.25) is 0 Å². The molecule has 1 saturated carbocycles. The molecule has 0 unspecified atom stereocenters. The average Bonchev–Trinajstić information content (AvgIpc) is 3.46. The van der Waals surface area contributed by atoms with Crippen LogP contribution in [0.5, 0.6) is 0 Å². The van der Waals surface area contributed by atoms with Gasteiger partial charge in [-0.3, -0.25) is 9.89 Å². The van der Waals surface area contributed by atoms with Gasteiger partial charge in [-0.2, -0.15) is 5.10 Å². The first-order chi connectivity index (χ1) is 14.4. The van der Waals surface area contributed by atoms with Gasteiger partial charge < -0.3 is 10.6 Å². The Balaban J connectivity index is 1.35. The molecular formula is C21H27F2N7. The van der Waals surface area contributed by atoms with Crippen LogP contribution in [0, 0.1) is 6.92 Å². The molecule has 0 aromatic carbocycles. The summed E-state index contributed by atoms with van der Waals surface area (Å²) in [7, 11) is 0. The number of hydrogen-bond donors (Lipinski definition) is 1. The van der Waals surface area contributed by atoms with E-state index >= 15 is 0 Å². The molecule has 3 aliphatic rings. The minimum absolute atomic E-state index is 0.100. The molecule has 0 spiro atoms. The van der Waals surface area contributed by atoms with Crippen molar-refractivity contribution in [3.05, 3.63) is 24.0 Å². The summed E-state index contributed by atoms with van der Waals surface area (Å²) in [5, 5.41) is 5.43. The van der Waals surface area contributed by atoms with Crippen LogP contribution >= 0.6 is 0 Å². The van der Waals surface area contributed by atoms with Gasteiger partial charge in [0.25, 0.3) is 5.92 Å². The molecule has 160 valence electrons. The molecule has 0 bridgehead atoms. The number of piperidine rings is 1. The summed E-state index contributed by atoms with van der Waals surface area (Å²) in [5.41, 5.74) is 8.38. The molecular weight excluding hydrogens is 388 g/mol. The Hall–Kier alpha value is -2.55. The van der Waals surface area contributed by atoms with E-state index in [2.05, 4.69) is 28.0 Å². The predicted molar refractivity (Wildman–Crippen MR) is 114 cm³/mol. The summed E-state index contributed by atoms with van der Waals surface area (Å²) in [6, 6.07) is 2.73. The third-order valence-electron chi connectivity index (χ3n) is 6.24. The SMILES string of the molecule is Cc1cc2cnn(C(C=NC3CC3)=CN)c2nc1N1CCC(N2CC(F)(F)C2)CC1. The highest BCUT2D eigenvalue weighted by molar-refractivity contribution is 6.04. The Morgan fingerprint density at radius 1 is 1.23 bits per heavy atom. The summed E-state index contributed by atoms with van der Waals surface area (Å²) in [6.45, 7) is 3.47. The van der Waals surface area contributed by atoms with E-state index in [4.69, 9.17) is 10.7 Å². The normalized spacial score (nSPS) is 23.4. The number of aromatic nitrogens is 3. The number of hydrogen-bond acceptors (Lipinski definition) is 6. The van der Waals surface area contributed by atoms with Gasteiger partial charge in [0.2, 0.25) is 0 Å². The number of rotatable bonds is 5. The predicted octanol–water partition coefficient (Wildman–Crippen LogP) is 2.65. The fraction of sp³-hybridized carbons (Fsp3) is 0.571. The van der Waals surface area contributed by atoms with E-state index in [1.807, 2.05) is 4.90 Å². The van der Waals surface area contributed by atoms with Crippen LogP contribution in [0.4, 0.5) is 14.6 Å². The number of aryl methyl sites for hydroxylation is 1. The Labute approximate surface area is 174 Å². The van der Waals surface area contributed by atoms with Gasteiger partial charge in [-0.15, -0.1) is 0 Å². The first kappa shape index (κ1) is 19.4. The Morgan fingerprint density at radius 3 is 2.60 bits per heavy atom. The van der Waals surface area contributed by atoms with Gasteiger partial charge in [0, 0.05) is 36.9 Å². The summed E-state index contributed by atoms with van der Waals surface area (Å²) in [5.74, 6) is -1.58. The highest BCUT2D eigenvalue weighted by atomic mass is 19.3. The van der Waals surface area contributed by atoms with Crippen LogP contribution in [0.25, 0.3) is 16.7 Å². The number of halogens is 2. The zero-order valence-corrected chi connectivity index (χ0v) is 17.1. The monoisotopic (exact) mass is 415 g/mol. The Morgan fingerprint density at radius 2 is 1.97 bits per heavy atom. The van der Waals surface area contributed by atoms with Gasteiger partial charge in [0.05, 0.1) is 25.3 Å². The maximum absolute atomic E-state index is 13.2. The van der Waals surface area contributed by atoms with Crippen LogP contribution in [0.1, 0.15) is 31.2 Å². The third-order valence-corrected chi connectivity index (χ3v) is 6.24. The lowest BCUT2D eigenvalue weighted by Gasteiger charge is -2.47. The van der Waals surface area contributed by atoms with E-state index < -0.39 is 5.92 Å². The largest absolute Gasteiger partial charge is 0.403 e. The number of pyridine rings is 1. The number of aliphatic imine (C=N–C) groups is 1. The molecule has 0 amide bonds. The average molecular weight is 415 g/mol. The summed E-state index contributed by atoms with van der Waals surface area (Å²) >= 11 is 0. The zero-order chi connectivity index (χ0) is 20.9. The van der Waals surface area contributed by atoms with Crippen LogP contribution < -0.4 is 10.6 Å². The van der Waals surface area contributed by atoms with E-state index in [0.717, 1.165) is 61.2 Å². The van der Waals surface area contributed by atoms with Crippen molar-refractivity contribution in [2.75, 3.05) is 31.1 Å². The molecule has 0 radical (unpaired) electrons. The Kier molecular flexibility index (Phi) is 4.72.